The van der Waals surface area contributed by atoms with E-state index in [-0.39, 0.29) is 18.3 Å². The first-order chi connectivity index (χ1) is 13.8. The molecule has 6 heteroatoms. The number of carbonyl (C=O) groups is 1. The minimum Gasteiger partial charge on any atom is -0.479 e. The fourth-order valence-corrected chi connectivity index (χ4v) is 3.53. The van der Waals surface area contributed by atoms with Gasteiger partial charge in [0.2, 0.25) is 0 Å². The highest BCUT2D eigenvalue weighted by Crippen LogP contribution is 2.38. The lowest BCUT2D eigenvalue weighted by Crippen LogP contribution is -2.24. The number of aliphatic hydroxyl groups excluding tert-OH is 2. The van der Waals surface area contributed by atoms with Crippen LogP contribution in [0.3, 0.4) is 0 Å². The number of aliphatic carboxylic acids is 1. The summed E-state index contributed by atoms with van der Waals surface area (Å²) in [6, 6.07) is 14.2. The largest absolute Gasteiger partial charge is 0.479 e. The molecule has 0 fully saturated rings. The molecular formula is C23H24FNO4. The maximum Gasteiger partial charge on any atom is 0.332 e. The number of para-hydroxylation sites is 1. The molecule has 29 heavy (non-hydrogen) atoms. The Morgan fingerprint density at radius 2 is 1.76 bits per heavy atom. The van der Waals surface area contributed by atoms with Crippen LogP contribution in [0.1, 0.15) is 32.0 Å². The second-order valence-corrected chi connectivity index (χ2v) is 7.26. The van der Waals surface area contributed by atoms with Gasteiger partial charge in [-0.3, -0.25) is 0 Å². The van der Waals surface area contributed by atoms with Crippen molar-refractivity contribution in [2.45, 2.75) is 38.5 Å². The van der Waals surface area contributed by atoms with Crippen LogP contribution in [0.2, 0.25) is 0 Å². The molecule has 1 aromatic heterocycles. The lowest BCUT2D eigenvalue weighted by atomic mass is 10.0. The van der Waals surface area contributed by atoms with E-state index in [2.05, 4.69) is 4.57 Å². The third kappa shape index (κ3) is 4.39. The van der Waals surface area contributed by atoms with Gasteiger partial charge in [0.25, 0.3) is 0 Å². The third-order valence-electron chi connectivity index (χ3n) is 4.82. The zero-order valence-electron chi connectivity index (χ0n) is 16.3. The van der Waals surface area contributed by atoms with Crippen molar-refractivity contribution in [1.82, 2.24) is 4.57 Å². The van der Waals surface area contributed by atoms with Crippen LogP contribution in [0.4, 0.5) is 4.39 Å². The number of aromatic nitrogens is 1. The summed E-state index contributed by atoms with van der Waals surface area (Å²) in [6.07, 6.45) is 0.145. The van der Waals surface area contributed by atoms with Crippen LogP contribution >= 0.6 is 0 Å². The smallest absolute Gasteiger partial charge is 0.332 e. The Morgan fingerprint density at radius 1 is 1.10 bits per heavy atom. The third-order valence-corrected chi connectivity index (χ3v) is 4.82. The topological polar surface area (TPSA) is 82.7 Å². The van der Waals surface area contributed by atoms with Gasteiger partial charge in [0.1, 0.15) is 5.82 Å². The summed E-state index contributed by atoms with van der Waals surface area (Å²) in [6.45, 7) is 4.09. The van der Waals surface area contributed by atoms with Crippen molar-refractivity contribution in [3.63, 3.8) is 0 Å². The molecular weight excluding hydrogens is 373 g/mol. The average Bonchev–Trinajstić information content (AvgIpc) is 3.01. The quantitative estimate of drug-likeness (QED) is 0.557. The predicted octanol–water partition coefficient (Wildman–Crippen LogP) is 4.24. The van der Waals surface area contributed by atoms with Gasteiger partial charge in [0.05, 0.1) is 6.10 Å². The van der Waals surface area contributed by atoms with E-state index in [4.69, 9.17) is 5.11 Å². The average molecular weight is 397 g/mol. The van der Waals surface area contributed by atoms with Crippen molar-refractivity contribution < 1.29 is 24.5 Å². The summed E-state index contributed by atoms with van der Waals surface area (Å²) < 4.78 is 15.6. The van der Waals surface area contributed by atoms with E-state index in [9.17, 15) is 19.4 Å². The van der Waals surface area contributed by atoms with Gasteiger partial charge in [-0.05, 0) is 43.7 Å². The maximum atomic E-state index is 13.5. The van der Waals surface area contributed by atoms with Crippen LogP contribution in [0.5, 0.6) is 0 Å². The Morgan fingerprint density at radius 3 is 2.38 bits per heavy atom. The molecule has 0 saturated carbocycles. The number of fused-ring (bicyclic) bond motifs is 1. The normalized spacial score (nSPS) is 14.0. The van der Waals surface area contributed by atoms with Crippen molar-refractivity contribution in [2.24, 2.45) is 0 Å². The molecule has 3 rings (SSSR count). The number of carboxylic acids is 1. The van der Waals surface area contributed by atoms with Gasteiger partial charge < -0.3 is 19.9 Å². The second kappa shape index (κ2) is 8.59. The van der Waals surface area contributed by atoms with Crippen LogP contribution in [-0.4, -0.2) is 38.1 Å². The van der Waals surface area contributed by atoms with E-state index in [0.29, 0.717) is 0 Å². The molecule has 0 aliphatic heterocycles. The van der Waals surface area contributed by atoms with Crippen molar-refractivity contribution in [2.75, 3.05) is 0 Å². The number of benzene rings is 2. The molecule has 5 nitrogen and oxygen atoms in total. The summed E-state index contributed by atoms with van der Waals surface area (Å²) >= 11 is 0. The summed E-state index contributed by atoms with van der Waals surface area (Å²) in [5, 5.41) is 29.5. The number of hydrogen-bond donors (Lipinski definition) is 3. The standard InChI is InChI=1S/C23H24FNO4/c1-14(2)25-19-6-4-3-5-18(19)22(15-7-9-16(24)10-8-15)20(25)12-11-17(26)13-21(27)23(28)29/h3-12,14,17,21,26-27H,13H2,1-2H3,(H,28,29)/b12-11+/t17-,21-/m0/s1. The summed E-state index contributed by atoms with van der Waals surface area (Å²) in [5.41, 5.74) is 3.55. The number of hydrogen-bond acceptors (Lipinski definition) is 3. The number of rotatable bonds is 7. The Kier molecular flexibility index (Phi) is 6.15. The highest BCUT2D eigenvalue weighted by atomic mass is 19.1. The van der Waals surface area contributed by atoms with Gasteiger partial charge in [-0.2, -0.15) is 0 Å². The molecule has 0 aliphatic rings. The van der Waals surface area contributed by atoms with Crippen LogP contribution in [0, 0.1) is 5.82 Å². The maximum absolute atomic E-state index is 13.5. The predicted molar refractivity (Wildman–Crippen MR) is 111 cm³/mol. The van der Waals surface area contributed by atoms with Crippen LogP contribution in [-0.2, 0) is 4.79 Å². The molecule has 3 aromatic rings. The molecule has 152 valence electrons. The van der Waals surface area contributed by atoms with E-state index in [1.807, 2.05) is 38.1 Å². The van der Waals surface area contributed by atoms with E-state index in [0.717, 1.165) is 27.7 Å². The minimum atomic E-state index is -1.64. The first-order valence-electron chi connectivity index (χ1n) is 9.45. The van der Waals surface area contributed by atoms with Crippen molar-refractivity contribution >= 4 is 22.9 Å². The molecule has 2 atom stereocenters. The Balaban J connectivity index is 2.14. The number of aliphatic hydroxyl groups is 2. The number of carboxylic acid groups (broad SMARTS) is 1. The minimum absolute atomic E-state index is 0.107. The van der Waals surface area contributed by atoms with Crippen molar-refractivity contribution in [1.29, 1.82) is 0 Å². The van der Waals surface area contributed by atoms with E-state index in [1.165, 1.54) is 18.2 Å². The van der Waals surface area contributed by atoms with Crippen molar-refractivity contribution in [3.05, 3.63) is 66.1 Å². The zero-order chi connectivity index (χ0) is 21.1. The highest BCUT2D eigenvalue weighted by Gasteiger charge is 2.20. The molecule has 0 amide bonds. The Labute approximate surface area is 168 Å². The van der Waals surface area contributed by atoms with Crippen LogP contribution in [0.15, 0.2) is 54.6 Å². The zero-order valence-corrected chi connectivity index (χ0v) is 16.3. The van der Waals surface area contributed by atoms with Gasteiger partial charge >= 0.3 is 5.97 Å². The molecule has 0 unspecified atom stereocenters. The molecule has 0 radical (unpaired) electrons. The monoisotopic (exact) mass is 397 g/mol. The summed E-state index contributed by atoms with van der Waals surface area (Å²) in [7, 11) is 0. The highest BCUT2D eigenvalue weighted by molar-refractivity contribution is 6.01. The van der Waals surface area contributed by atoms with Gasteiger partial charge in [0.15, 0.2) is 6.10 Å². The van der Waals surface area contributed by atoms with E-state index in [1.54, 1.807) is 18.2 Å². The lowest BCUT2D eigenvalue weighted by molar-refractivity contribution is -0.147. The molecule has 0 saturated heterocycles. The second-order valence-electron chi connectivity index (χ2n) is 7.26. The first-order valence-corrected chi connectivity index (χ1v) is 9.45. The molecule has 0 bridgehead atoms. The molecule has 1 heterocycles. The SMILES string of the molecule is CC(C)n1c(/C=C/[C@H](O)C[C@H](O)C(=O)O)c(-c2ccc(F)cc2)c2ccccc21. The van der Waals surface area contributed by atoms with Crippen LogP contribution < -0.4 is 0 Å². The Hall–Kier alpha value is -2.96. The van der Waals surface area contributed by atoms with Gasteiger partial charge in [0, 0.05) is 34.6 Å². The molecule has 2 aromatic carbocycles. The fraction of sp³-hybridized carbons (Fsp3) is 0.261. The van der Waals surface area contributed by atoms with E-state index < -0.39 is 18.2 Å². The number of halogens is 1. The molecule has 0 spiro atoms. The number of nitrogens with zero attached hydrogens (tertiary/aromatic N) is 1. The van der Waals surface area contributed by atoms with Crippen molar-refractivity contribution in [3.8, 4) is 11.1 Å². The summed E-state index contributed by atoms with van der Waals surface area (Å²) in [4.78, 5) is 10.8. The van der Waals surface area contributed by atoms with Gasteiger partial charge in [-0.25, -0.2) is 9.18 Å². The summed E-state index contributed by atoms with van der Waals surface area (Å²) in [5.74, 6) is -1.70. The fourth-order valence-electron chi connectivity index (χ4n) is 3.53. The molecule has 0 aliphatic carbocycles. The van der Waals surface area contributed by atoms with Gasteiger partial charge in [-0.1, -0.05) is 36.4 Å². The Bertz CT molecular complexity index is 1040. The van der Waals surface area contributed by atoms with E-state index >= 15 is 0 Å². The first kappa shape index (κ1) is 20.8. The van der Waals surface area contributed by atoms with Crippen LogP contribution in [0.25, 0.3) is 28.1 Å². The molecule has 3 N–H and O–H groups in total. The van der Waals surface area contributed by atoms with Gasteiger partial charge in [-0.15, -0.1) is 0 Å². The lowest BCUT2D eigenvalue weighted by Gasteiger charge is -2.14.